The van der Waals surface area contributed by atoms with Crippen LogP contribution < -0.4 is 4.90 Å². The average molecular weight is 215 g/mol. The number of anilines is 1. The number of rotatable bonds is 2. The first-order valence-electron chi connectivity index (χ1n) is 5.70. The van der Waals surface area contributed by atoms with Gasteiger partial charge in [0.25, 0.3) is 0 Å². The smallest absolute Gasteiger partial charge is 0.0867 e. The molecule has 2 rings (SSSR count). The van der Waals surface area contributed by atoms with Gasteiger partial charge >= 0.3 is 0 Å². The van der Waals surface area contributed by atoms with Gasteiger partial charge in [0, 0.05) is 31.9 Å². The highest BCUT2D eigenvalue weighted by atomic mass is 15.3. The Balaban J connectivity index is 1.97. The predicted molar refractivity (Wildman–Crippen MR) is 65.4 cm³/mol. The van der Waals surface area contributed by atoms with E-state index in [-0.39, 0.29) is 0 Å². The lowest BCUT2D eigenvalue weighted by molar-refractivity contribution is 0.287. The molecule has 84 valence electrons. The molecule has 0 bridgehead atoms. The summed E-state index contributed by atoms with van der Waals surface area (Å²) in [5, 5.41) is 8.63. The molecule has 0 spiro atoms. The molecule has 0 N–H and O–H groups in total. The minimum absolute atomic E-state index is 0.557. The minimum Gasteiger partial charge on any atom is -0.369 e. The third-order valence-corrected chi connectivity index (χ3v) is 3.03. The zero-order valence-corrected chi connectivity index (χ0v) is 9.69. The van der Waals surface area contributed by atoms with Gasteiger partial charge < -0.3 is 4.90 Å². The number of aryl methyl sites for hydroxylation is 1. The molecule has 0 aromatic heterocycles. The first kappa shape index (κ1) is 11.0. The molecule has 1 heterocycles. The van der Waals surface area contributed by atoms with Gasteiger partial charge in [-0.3, -0.25) is 4.90 Å². The highest BCUT2D eigenvalue weighted by Gasteiger charge is 2.16. The Morgan fingerprint density at radius 1 is 1.25 bits per heavy atom. The molecule has 0 radical (unpaired) electrons. The Morgan fingerprint density at radius 2 is 2.00 bits per heavy atom. The fourth-order valence-electron chi connectivity index (χ4n) is 2.09. The fourth-order valence-corrected chi connectivity index (χ4v) is 2.09. The quantitative estimate of drug-likeness (QED) is 0.703. The van der Waals surface area contributed by atoms with Crippen molar-refractivity contribution < 1.29 is 0 Å². The van der Waals surface area contributed by atoms with Gasteiger partial charge in [0.15, 0.2) is 0 Å². The first-order chi connectivity index (χ1) is 7.79. The molecule has 0 aliphatic carbocycles. The second-order valence-corrected chi connectivity index (χ2v) is 4.26. The third kappa shape index (κ3) is 2.53. The third-order valence-electron chi connectivity index (χ3n) is 3.03. The summed E-state index contributed by atoms with van der Waals surface area (Å²) < 4.78 is 0. The molecule has 1 aliphatic rings. The van der Waals surface area contributed by atoms with Crippen LogP contribution >= 0.6 is 0 Å². The van der Waals surface area contributed by atoms with Gasteiger partial charge in [-0.15, -0.1) is 0 Å². The average Bonchev–Trinajstić information content (AvgIpc) is 2.30. The van der Waals surface area contributed by atoms with Crippen LogP contribution in [0, 0.1) is 18.3 Å². The topological polar surface area (TPSA) is 30.3 Å². The second kappa shape index (κ2) is 5.00. The van der Waals surface area contributed by atoms with E-state index in [2.05, 4.69) is 47.1 Å². The molecular formula is C13H17N3. The van der Waals surface area contributed by atoms with Crippen molar-refractivity contribution in [2.24, 2.45) is 0 Å². The van der Waals surface area contributed by atoms with Gasteiger partial charge in [0.1, 0.15) is 0 Å². The largest absolute Gasteiger partial charge is 0.369 e. The monoisotopic (exact) mass is 215 g/mol. The zero-order chi connectivity index (χ0) is 11.4. The van der Waals surface area contributed by atoms with Crippen molar-refractivity contribution >= 4 is 5.69 Å². The van der Waals surface area contributed by atoms with Crippen LogP contribution in [0.2, 0.25) is 0 Å². The molecule has 0 atom stereocenters. The summed E-state index contributed by atoms with van der Waals surface area (Å²) in [6.45, 7) is 6.69. The van der Waals surface area contributed by atoms with Gasteiger partial charge in [-0.2, -0.15) is 5.26 Å². The van der Waals surface area contributed by atoms with E-state index in [0.29, 0.717) is 6.54 Å². The highest BCUT2D eigenvalue weighted by molar-refractivity contribution is 5.48. The molecule has 1 aromatic carbocycles. The summed E-state index contributed by atoms with van der Waals surface area (Å²) in [4.78, 5) is 4.59. The Morgan fingerprint density at radius 3 is 2.62 bits per heavy atom. The summed E-state index contributed by atoms with van der Waals surface area (Å²) in [5.74, 6) is 0. The van der Waals surface area contributed by atoms with Crippen LogP contribution in [0.4, 0.5) is 5.69 Å². The van der Waals surface area contributed by atoms with E-state index < -0.39 is 0 Å². The van der Waals surface area contributed by atoms with Gasteiger partial charge in [-0.25, -0.2) is 0 Å². The van der Waals surface area contributed by atoms with Crippen molar-refractivity contribution in [3.8, 4) is 6.07 Å². The molecule has 1 fully saturated rings. The van der Waals surface area contributed by atoms with E-state index in [9.17, 15) is 0 Å². The Bertz CT molecular complexity index is 386. The van der Waals surface area contributed by atoms with Crippen molar-refractivity contribution in [3.63, 3.8) is 0 Å². The van der Waals surface area contributed by atoms with Gasteiger partial charge in [0.05, 0.1) is 12.6 Å². The minimum atomic E-state index is 0.557. The molecule has 1 aromatic rings. The lowest BCUT2D eigenvalue weighted by Gasteiger charge is -2.35. The summed E-state index contributed by atoms with van der Waals surface area (Å²) in [6.07, 6.45) is 0. The van der Waals surface area contributed by atoms with Crippen LogP contribution in [0.3, 0.4) is 0 Å². The summed E-state index contributed by atoms with van der Waals surface area (Å²) in [6, 6.07) is 10.8. The maximum atomic E-state index is 8.63. The number of nitriles is 1. The second-order valence-electron chi connectivity index (χ2n) is 4.26. The van der Waals surface area contributed by atoms with Crippen LogP contribution in [-0.2, 0) is 0 Å². The standard InChI is InChI=1S/C13H17N3/c1-12-3-2-4-13(11-12)16-9-7-15(6-5-14)8-10-16/h2-4,11H,6-10H2,1H3. The predicted octanol–water partition coefficient (Wildman–Crippen LogP) is 1.64. The van der Waals surface area contributed by atoms with Crippen molar-refractivity contribution in [1.82, 2.24) is 4.90 Å². The Labute approximate surface area is 96.9 Å². The molecule has 3 heteroatoms. The lowest BCUT2D eigenvalue weighted by Crippen LogP contribution is -2.46. The number of hydrogen-bond donors (Lipinski definition) is 0. The SMILES string of the molecule is Cc1cccc(N2CCN(CC#N)CC2)c1. The van der Waals surface area contributed by atoms with Gasteiger partial charge in [0.2, 0.25) is 0 Å². The normalized spacial score (nSPS) is 17.1. The van der Waals surface area contributed by atoms with Crippen molar-refractivity contribution in [2.75, 3.05) is 37.6 Å². The van der Waals surface area contributed by atoms with E-state index >= 15 is 0 Å². The molecule has 0 amide bonds. The summed E-state index contributed by atoms with van der Waals surface area (Å²) in [7, 11) is 0. The molecule has 0 saturated carbocycles. The van der Waals surface area contributed by atoms with Crippen LogP contribution in [-0.4, -0.2) is 37.6 Å². The van der Waals surface area contributed by atoms with Crippen molar-refractivity contribution in [3.05, 3.63) is 29.8 Å². The van der Waals surface area contributed by atoms with Crippen LogP contribution in [0.5, 0.6) is 0 Å². The van der Waals surface area contributed by atoms with E-state index in [1.165, 1.54) is 11.3 Å². The lowest BCUT2D eigenvalue weighted by atomic mass is 10.2. The molecular weight excluding hydrogens is 198 g/mol. The maximum Gasteiger partial charge on any atom is 0.0867 e. The number of hydrogen-bond acceptors (Lipinski definition) is 3. The number of benzene rings is 1. The molecule has 0 unspecified atom stereocenters. The van der Waals surface area contributed by atoms with Crippen LogP contribution in [0.1, 0.15) is 5.56 Å². The molecule has 16 heavy (non-hydrogen) atoms. The molecule has 1 aliphatic heterocycles. The summed E-state index contributed by atoms with van der Waals surface area (Å²) in [5.41, 5.74) is 2.61. The number of nitrogens with zero attached hydrogens (tertiary/aromatic N) is 3. The van der Waals surface area contributed by atoms with Crippen molar-refractivity contribution in [2.45, 2.75) is 6.92 Å². The van der Waals surface area contributed by atoms with Crippen LogP contribution in [0.15, 0.2) is 24.3 Å². The number of piperazine rings is 1. The first-order valence-corrected chi connectivity index (χ1v) is 5.70. The van der Waals surface area contributed by atoms with E-state index in [1.54, 1.807) is 0 Å². The zero-order valence-electron chi connectivity index (χ0n) is 9.69. The van der Waals surface area contributed by atoms with E-state index in [0.717, 1.165) is 26.2 Å². The van der Waals surface area contributed by atoms with Gasteiger partial charge in [-0.05, 0) is 24.6 Å². The maximum absolute atomic E-state index is 8.63. The Hall–Kier alpha value is -1.53. The summed E-state index contributed by atoms with van der Waals surface area (Å²) >= 11 is 0. The fraction of sp³-hybridized carbons (Fsp3) is 0.462. The molecule has 3 nitrogen and oxygen atoms in total. The molecule has 1 saturated heterocycles. The van der Waals surface area contributed by atoms with Gasteiger partial charge in [-0.1, -0.05) is 12.1 Å². The van der Waals surface area contributed by atoms with E-state index in [1.807, 2.05) is 0 Å². The highest BCUT2D eigenvalue weighted by Crippen LogP contribution is 2.17. The van der Waals surface area contributed by atoms with Crippen LogP contribution in [0.25, 0.3) is 0 Å². The Kier molecular flexibility index (Phi) is 3.43. The van der Waals surface area contributed by atoms with Crippen molar-refractivity contribution in [1.29, 1.82) is 5.26 Å². The van der Waals surface area contributed by atoms with E-state index in [4.69, 9.17) is 5.26 Å².